The summed E-state index contributed by atoms with van der Waals surface area (Å²) in [6.45, 7) is 9.54. The second-order valence-corrected chi connectivity index (χ2v) is 6.12. The number of rotatable bonds is 4. The van der Waals surface area contributed by atoms with Gasteiger partial charge in [-0.2, -0.15) is 0 Å². The lowest BCUT2D eigenvalue weighted by Crippen LogP contribution is -2.10. The summed E-state index contributed by atoms with van der Waals surface area (Å²) >= 11 is 0. The van der Waals surface area contributed by atoms with Crippen LogP contribution in [-0.4, -0.2) is 6.61 Å². The van der Waals surface area contributed by atoms with Crippen LogP contribution in [0.4, 0.5) is 0 Å². The predicted octanol–water partition coefficient (Wildman–Crippen LogP) is 5.24. The van der Waals surface area contributed by atoms with Gasteiger partial charge in [-0.3, -0.25) is 0 Å². The van der Waals surface area contributed by atoms with E-state index in [1.54, 1.807) is 0 Å². The Bertz CT molecular complexity index is 529. The highest BCUT2D eigenvalue weighted by Crippen LogP contribution is 2.27. The molecule has 0 saturated carbocycles. The van der Waals surface area contributed by atoms with Gasteiger partial charge in [-0.05, 0) is 40.7 Å². The summed E-state index contributed by atoms with van der Waals surface area (Å²) in [5.41, 5.74) is 3.95. The molecule has 0 N–H and O–H groups in total. The maximum absolute atomic E-state index is 5.55. The summed E-state index contributed by atoms with van der Waals surface area (Å²) in [5.74, 6) is 0.821. The molecule has 0 fully saturated rings. The maximum atomic E-state index is 5.55. The molecule has 2 rings (SSSR count). The topological polar surface area (TPSA) is 9.23 Å². The van der Waals surface area contributed by atoms with E-state index in [9.17, 15) is 0 Å². The van der Waals surface area contributed by atoms with Gasteiger partial charge in [0.2, 0.25) is 0 Å². The fraction of sp³-hybridized carbons (Fsp3) is 0.368. The van der Waals surface area contributed by atoms with Gasteiger partial charge < -0.3 is 4.74 Å². The van der Waals surface area contributed by atoms with Crippen molar-refractivity contribution >= 4 is 0 Å². The first-order chi connectivity index (χ1) is 9.50. The van der Waals surface area contributed by atoms with Crippen LogP contribution in [0, 0.1) is 6.07 Å². The monoisotopic (exact) mass is 267 g/mol. The molecule has 0 aliphatic rings. The molecular weight excluding hydrogens is 244 g/mol. The van der Waals surface area contributed by atoms with Crippen molar-refractivity contribution < 1.29 is 4.74 Å². The highest BCUT2D eigenvalue weighted by molar-refractivity contribution is 5.64. The van der Waals surface area contributed by atoms with Gasteiger partial charge in [0.05, 0.1) is 6.61 Å². The third kappa shape index (κ3) is 3.63. The van der Waals surface area contributed by atoms with E-state index in [0.29, 0.717) is 0 Å². The number of ether oxygens (including phenoxy) is 1. The lowest BCUT2D eigenvalue weighted by atomic mass is 9.86. The predicted molar refractivity (Wildman–Crippen MR) is 85.2 cm³/mol. The molecule has 1 nitrogen and oxygen atoms in total. The van der Waals surface area contributed by atoms with E-state index < -0.39 is 0 Å². The highest BCUT2D eigenvalue weighted by Gasteiger charge is 2.12. The van der Waals surface area contributed by atoms with E-state index >= 15 is 0 Å². The molecule has 20 heavy (non-hydrogen) atoms. The lowest BCUT2D eigenvalue weighted by Gasteiger charge is -2.19. The Balaban J connectivity index is 2.15. The van der Waals surface area contributed by atoms with Crippen LogP contribution in [0.25, 0.3) is 11.1 Å². The van der Waals surface area contributed by atoms with E-state index in [0.717, 1.165) is 18.8 Å². The summed E-state index contributed by atoms with van der Waals surface area (Å²) in [6, 6.07) is 18.0. The third-order valence-electron chi connectivity index (χ3n) is 3.33. The van der Waals surface area contributed by atoms with Gasteiger partial charge >= 0.3 is 0 Å². The maximum Gasteiger partial charge on any atom is 0.127 e. The van der Waals surface area contributed by atoms with Crippen LogP contribution in [0.5, 0.6) is 5.75 Å². The molecule has 0 unspecified atom stereocenters. The van der Waals surface area contributed by atoms with Gasteiger partial charge in [-0.1, -0.05) is 58.0 Å². The minimum absolute atomic E-state index is 0.197. The molecule has 105 valence electrons. The van der Waals surface area contributed by atoms with Crippen molar-refractivity contribution in [1.29, 1.82) is 0 Å². The minimum atomic E-state index is 0.197. The summed E-state index contributed by atoms with van der Waals surface area (Å²) < 4.78 is 5.55. The van der Waals surface area contributed by atoms with Crippen molar-refractivity contribution in [2.75, 3.05) is 6.61 Å². The Labute approximate surface area is 122 Å². The molecule has 1 radical (unpaired) electrons. The van der Waals surface area contributed by atoms with Gasteiger partial charge in [0.15, 0.2) is 0 Å². The smallest absolute Gasteiger partial charge is 0.127 e. The average molecular weight is 267 g/mol. The summed E-state index contributed by atoms with van der Waals surface area (Å²) in [5, 5.41) is 0. The Morgan fingerprint density at radius 3 is 2.10 bits per heavy atom. The molecule has 0 aliphatic heterocycles. The Morgan fingerprint density at radius 2 is 1.60 bits per heavy atom. The van der Waals surface area contributed by atoms with E-state index in [-0.39, 0.29) is 5.41 Å². The van der Waals surface area contributed by atoms with Crippen molar-refractivity contribution in [3.05, 3.63) is 54.1 Å². The molecule has 0 spiro atoms. The van der Waals surface area contributed by atoms with Crippen molar-refractivity contribution in [1.82, 2.24) is 0 Å². The number of hydrogen-bond donors (Lipinski definition) is 0. The number of benzene rings is 2. The van der Waals surface area contributed by atoms with Crippen molar-refractivity contribution in [2.45, 2.75) is 39.5 Å². The zero-order valence-electron chi connectivity index (χ0n) is 12.9. The normalized spacial score (nSPS) is 11.4. The van der Waals surface area contributed by atoms with Crippen LogP contribution in [0.2, 0.25) is 0 Å². The fourth-order valence-electron chi connectivity index (χ4n) is 2.05. The molecular formula is C19H23O. The molecule has 0 aliphatic carbocycles. The van der Waals surface area contributed by atoms with Crippen molar-refractivity contribution in [3.8, 4) is 16.9 Å². The zero-order valence-corrected chi connectivity index (χ0v) is 12.9. The molecule has 2 aromatic rings. The largest absolute Gasteiger partial charge is 0.493 e. The highest BCUT2D eigenvalue weighted by atomic mass is 16.5. The zero-order chi connectivity index (χ0) is 14.6. The van der Waals surface area contributed by atoms with Crippen LogP contribution >= 0.6 is 0 Å². The van der Waals surface area contributed by atoms with E-state index in [1.807, 2.05) is 12.1 Å². The quantitative estimate of drug-likeness (QED) is 0.736. The second kappa shape index (κ2) is 6.13. The molecule has 0 atom stereocenters. The van der Waals surface area contributed by atoms with Crippen LogP contribution in [-0.2, 0) is 5.41 Å². The second-order valence-electron chi connectivity index (χ2n) is 6.12. The first-order valence-corrected chi connectivity index (χ1v) is 7.26. The molecule has 0 heterocycles. The molecule has 0 aromatic heterocycles. The van der Waals surface area contributed by atoms with Crippen LogP contribution in [0.3, 0.4) is 0 Å². The minimum Gasteiger partial charge on any atom is -0.493 e. The average Bonchev–Trinajstić information content (AvgIpc) is 2.45. The fourth-order valence-corrected chi connectivity index (χ4v) is 2.05. The first-order valence-electron chi connectivity index (χ1n) is 7.26. The Kier molecular flexibility index (Phi) is 4.49. The summed E-state index contributed by atoms with van der Waals surface area (Å²) in [6.07, 6.45) is 1.02. The number of hydrogen-bond acceptors (Lipinski definition) is 1. The summed E-state index contributed by atoms with van der Waals surface area (Å²) in [4.78, 5) is 0. The van der Waals surface area contributed by atoms with Crippen LogP contribution in [0.15, 0.2) is 42.5 Å². The SMILES string of the molecule is CCCOc1[c]cc(-c2ccc(C(C)(C)C)cc2)cc1. The van der Waals surface area contributed by atoms with E-state index in [4.69, 9.17) is 4.74 Å². The standard InChI is InChI=1S/C19H23O/c1-5-14-20-18-12-8-16(9-13-18)15-6-10-17(11-7-15)19(2,3)4/h6-12H,5,14H2,1-4H3. The van der Waals surface area contributed by atoms with Gasteiger partial charge in [0.1, 0.15) is 5.75 Å². The van der Waals surface area contributed by atoms with Gasteiger partial charge in [-0.25, -0.2) is 0 Å². The summed E-state index contributed by atoms with van der Waals surface area (Å²) in [7, 11) is 0. The Morgan fingerprint density at radius 1 is 0.950 bits per heavy atom. The van der Waals surface area contributed by atoms with Gasteiger partial charge in [0.25, 0.3) is 0 Å². The van der Waals surface area contributed by atoms with Gasteiger partial charge in [-0.15, -0.1) is 0 Å². The van der Waals surface area contributed by atoms with E-state index in [2.05, 4.69) is 64.1 Å². The van der Waals surface area contributed by atoms with Crippen molar-refractivity contribution in [3.63, 3.8) is 0 Å². The van der Waals surface area contributed by atoms with Gasteiger partial charge in [0, 0.05) is 6.07 Å². The molecule has 0 saturated heterocycles. The molecule has 2 aromatic carbocycles. The van der Waals surface area contributed by atoms with E-state index in [1.165, 1.54) is 16.7 Å². The first kappa shape index (κ1) is 14.6. The molecule has 0 bridgehead atoms. The van der Waals surface area contributed by atoms with Crippen LogP contribution < -0.4 is 4.74 Å². The van der Waals surface area contributed by atoms with Crippen LogP contribution in [0.1, 0.15) is 39.7 Å². The molecule has 0 amide bonds. The lowest BCUT2D eigenvalue weighted by molar-refractivity contribution is 0.317. The Hall–Kier alpha value is -1.76. The van der Waals surface area contributed by atoms with Crippen molar-refractivity contribution in [2.24, 2.45) is 0 Å². The molecule has 1 heteroatoms. The third-order valence-corrected chi connectivity index (χ3v) is 3.33.